The molecule has 4 nitrogen and oxygen atoms in total. The molecular formula is C25H22N2O2. The van der Waals surface area contributed by atoms with Crippen molar-refractivity contribution in [1.82, 2.24) is 9.97 Å². The monoisotopic (exact) mass is 382 g/mol. The number of nitrogens with zero attached hydrogens (tertiary/aromatic N) is 2. The summed E-state index contributed by atoms with van der Waals surface area (Å²) in [5.74, 6) is 1.73. The highest BCUT2D eigenvalue weighted by atomic mass is 16.5. The minimum atomic E-state index is 0.478. The molecule has 0 radical (unpaired) electrons. The molecule has 4 aromatic rings. The first kappa shape index (κ1) is 18.7. The van der Waals surface area contributed by atoms with Crippen molar-refractivity contribution in [3.63, 3.8) is 0 Å². The van der Waals surface area contributed by atoms with Crippen molar-refractivity contribution in [1.29, 1.82) is 0 Å². The Morgan fingerprint density at radius 2 is 1.55 bits per heavy atom. The van der Waals surface area contributed by atoms with Gasteiger partial charge in [0.05, 0.1) is 6.20 Å². The molecule has 144 valence electrons. The summed E-state index contributed by atoms with van der Waals surface area (Å²) in [6.45, 7) is 2.63. The van der Waals surface area contributed by atoms with Gasteiger partial charge in [-0.25, -0.2) is 9.97 Å². The second-order valence-electron chi connectivity index (χ2n) is 6.58. The van der Waals surface area contributed by atoms with Crippen LogP contribution >= 0.6 is 0 Å². The molecule has 0 aliphatic heterocycles. The summed E-state index contributed by atoms with van der Waals surface area (Å²) in [7, 11) is 0. The topological polar surface area (TPSA) is 44.2 Å². The highest BCUT2D eigenvalue weighted by Gasteiger charge is 2.11. The molecule has 2 aromatic heterocycles. The van der Waals surface area contributed by atoms with Crippen LogP contribution < -0.4 is 9.47 Å². The highest BCUT2D eigenvalue weighted by molar-refractivity contribution is 5.72. The molecule has 4 heteroatoms. The van der Waals surface area contributed by atoms with Crippen molar-refractivity contribution in [2.24, 2.45) is 0 Å². The maximum absolute atomic E-state index is 6.05. The van der Waals surface area contributed by atoms with Gasteiger partial charge in [-0.05, 0) is 41.3 Å². The Morgan fingerprint density at radius 3 is 2.34 bits per heavy atom. The van der Waals surface area contributed by atoms with Crippen LogP contribution in [0.25, 0.3) is 11.1 Å². The van der Waals surface area contributed by atoms with E-state index in [2.05, 4.69) is 35.1 Å². The minimum absolute atomic E-state index is 0.478. The fourth-order valence-corrected chi connectivity index (χ4v) is 3.12. The lowest BCUT2D eigenvalue weighted by Crippen LogP contribution is -1.97. The van der Waals surface area contributed by atoms with Crippen molar-refractivity contribution in [3.8, 4) is 28.6 Å². The number of rotatable bonds is 7. The van der Waals surface area contributed by atoms with Gasteiger partial charge in [-0.2, -0.15) is 0 Å². The molecule has 0 aliphatic carbocycles. The van der Waals surface area contributed by atoms with E-state index >= 15 is 0 Å². The van der Waals surface area contributed by atoms with E-state index in [0.29, 0.717) is 24.1 Å². The molecule has 0 aliphatic rings. The van der Waals surface area contributed by atoms with Crippen LogP contribution in [0.3, 0.4) is 0 Å². The van der Waals surface area contributed by atoms with Gasteiger partial charge in [0.1, 0.15) is 12.4 Å². The van der Waals surface area contributed by atoms with Crippen LogP contribution in [0.4, 0.5) is 0 Å². The zero-order valence-electron chi connectivity index (χ0n) is 16.3. The predicted octanol–water partition coefficient (Wildman–Crippen LogP) is 6.08. The van der Waals surface area contributed by atoms with Gasteiger partial charge in [-0.3, -0.25) is 0 Å². The summed E-state index contributed by atoms with van der Waals surface area (Å²) in [6.07, 6.45) is 4.34. The van der Waals surface area contributed by atoms with Crippen molar-refractivity contribution in [2.75, 3.05) is 0 Å². The summed E-state index contributed by atoms with van der Waals surface area (Å²) >= 11 is 0. The van der Waals surface area contributed by atoms with E-state index in [1.165, 1.54) is 5.56 Å². The molecule has 0 fully saturated rings. The summed E-state index contributed by atoms with van der Waals surface area (Å²) in [4.78, 5) is 8.79. The Balaban J connectivity index is 1.50. The second-order valence-corrected chi connectivity index (χ2v) is 6.58. The number of pyridine rings is 2. The summed E-state index contributed by atoms with van der Waals surface area (Å²) in [5.41, 5.74) is 4.46. The highest BCUT2D eigenvalue weighted by Crippen LogP contribution is 2.33. The van der Waals surface area contributed by atoms with E-state index in [1.807, 2.05) is 54.6 Å². The van der Waals surface area contributed by atoms with Gasteiger partial charge in [0.25, 0.3) is 0 Å². The first-order chi connectivity index (χ1) is 14.3. The number of ether oxygens (including phenoxy) is 2. The average molecular weight is 382 g/mol. The molecule has 0 saturated carbocycles. The molecule has 0 unspecified atom stereocenters. The number of hydrogen-bond donors (Lipinski definition) is 0. The van der Waals surface area contributed by atoms with Gasteiger partial charge in [0.15, 0.2) is 0 Å². The Hall–Kier alpha value is -3.66. The van der Waals surface area contributed by atoms with Crippen LogP contribution in [0, 0.1) is 0 Å². The third-order valence-electron chi connectivity index (χ3n) is 4.61. The molecule has 0 N–H and O–H groups in total. The van der Waals surface area contributed by atoms with Crippen molar-refractivity contribution < 1.29 is 9.47 Å². The smallest absolute Gasteiger partial charge is 0.227 e. The Labute approximate surface area is 170 Å². The largest absolute Gasteiger partial charge is 0.473 e. The quantitative estimate of drug-likeness (QED) is 0.389. The van der Waals surface area contributed by atoms with Crippen LogP contribution in [0.2, 0.25) is 0 Å². The van der Waals surface area contributed by atoms with Gasteiger partial charge in [-0.1, -0.05) is 61.5 Å². The first-order valence-electron chi connectivity index (χ1n) is 9.67. The molecule has 2 aromatic carbocycles. The first-order valence-corrected chi connectivity index (χ1v) is 9.67. The van der Waals surface area contributed by atoms with Gasteiger partial charge in [0.2, 0.25) is 11.8 Å². The van der Waals surface area contributed by atoms with Crippen LogP contribution in [0.15, 0.2) is 91.3 Å². The SMILES string of the molecule is CCc1ccccc1-c1cccnc1Oc1ccc(OCc2ccccc2)nc1. The fraction of sp³-hybridized carbons (Fsp3) is 0.120. The summed E-state index contributed by atoms with van der Waals surface area (Å²) < 4.78 is 11.8. The molecule has 0 bridgehead atoms. The molecule has 29 heavy (non-hydrogen) atoms. The molecule has 0 atom stereocenters. The van der Waals surface area contributed by atoms with Crippen LogP contribution in [-0.4, -0.2) is 9.97 Å². The van der Waals surface area contributed by atoms with Crippen LogP contribution in [-0.2, 0) is 13.0 Å². The van der Waals surface area contributed by atoms with Crippen LogP contribution in [0.1, 0.15) is 18.1 Å². The third kappa shape index (κ3) is 4.61. The number of benzene rings is 2. The molecule has 4 rings (SSSR count). The number of aromatic nitrogens is 2. The maximum atomic E-state index is 6.05. The Morgan fingerprint density at radius 1 is 0.759 bits per heavy atom. The van der Waals surface area contributed by atoms with E-state index in [4.69, 9.17) is 9.47 Å². The predicted molar refractivity (Wildman–Crippen MR) is 114 cm³/mol. The number of hydrogen-bond acceptors (Lipinski definition) is 4. The van der Waals surface area contributed by atoms with E-state index in [1.54, 1.807) is 18.5 Å². The second kappa shape index (κ2) is 9.02. The molecule has 2 heterocycles. The summed E-state index contributed by atoms with van der Waals surface area (Å²) in [5, 5.41) is 0. The van der Waals surface area contributed by atoms with E-state index in [9.17, 15) is 0 Å². The standard InChI is InChI=1S/C25H22N2O2/c1-2-20-11-6-7-12-22(20)23-13-8-16-26-25(23)29-21-14-15-24(27-17-21)28-18-19-9-4-3-5-10-19/h3-17H,2,18H2,1H3. The molecule has 0 saturated heterocycles. The lowest BCUT2D eigenvalue weighted by molar-refractivity contribution is 0.293. The normalized spacial score (nSPS) is 10.5. The zero-order chi connectivity index (χ0) is 19.9. The van der Waals surface area contributed by atoms with E-state index < -0.39 is 0 Å². The minimum Gasteiger partial charge on any atom is -0.473 e. The van der Waals surface area contributed by atoms with Gasteiger partial charge in [-0.15, -0.1) is 0 Å². The average Bonchev–Trinajstić information content (AvgIpc) is 2.80. The number of aryl methyl sites for hydroxylation is 1. The third-order valence-corrected chi connectivity index (χ3v) is 4.61. The van der Waals surface area contributed by atoms with Gasteiger partial charge < -0.3 is 9.47 Å². The van der Waals surface area contributed by atoms with Gasteiger partial charge in [0, 0.05) is 17.8 Å². The van der Waals surface area contributed by atoms with Gasteiger partial charge >= 0.3 is 0 Å². The van der Waals surface area contributed by atoms with E-state index in [0.717, 1.165) is 23.1 Å². The van der Waals surface area contributed by atoms with E-state index in [-0.39, 0.29) is 0 Å². The Kier molecular flexibility index (Phi) is 5.81. The lowest BCUT2D eigenvalue weighted by atomic mass is 9.99. The summed E-state index contributed by atoms with van der Waals surface area (Å²) in [6, 6.07) is 25.9. The Bertz CT molecular complexity index is 1060. The van der Waals surface area contributed by atoms with Crippen molar-refractivity contribution >= 4 is 0 Å². The van der Waals surface area contributed by atoms with Crippen molar-refractivity contribution in [2.45, 2.75) is 20.0 Å². The van der Waals surface area contributed by atoms with Crippen LogP contribution in [0.5, 0.6) is 17.5 Å². The molecule has 0 amide bonds. The fourth-order valence-electron chi connectivity index (χ4n) is 3.12. The zero-order valence-corrected chi connectivity index (χ0v) is 16.3. The van der Waals surface area contributed by atoms with Crippen molar-refractivity contribution in [3.05, 3.63) is 102 Å². The maximum Gasteiger partial charge on any atom is 0.227 e. The lowest BCUT2D eigenvalue weighted by Gasteiger charge is -2.13. The molecule has 0 spiro atoms. The molecular weight excluding hydrogens is 360 g/mol.